The van der Waals surface area contributed by atoms with Gasteiger partial charge in [-0.2, -0.15) is 0 Å². The highest BCUT2D eigenvalue weighted by molar-refractivity contribution is 5.85. The number of pyridine rings is 1. The van der Waals surface area contributed by atoms with Crippen LogP contribution in [0.25, 0.3) is 0 Å². The Balaban J connectivity index is 0.00000128. The second-order valence-corrected chi connectivity index (χ2v) is 4.22. The minimum Gasteiger partial charge on any atom is -0.314 e. The number of piperazine rings is 1. The van der Waals surface area contributed by atoms with Crippen LogP contribution in [0, 0.1) is 13.8 Å². The van der Waals surface area contributed by atoms with E-state index in [1.165, 1.54) is 11.3 Å². The molecule has 0 unspecified atom stereocenters. The maximum atomic E-state index is 4.50. The monoisotopic (exact) mass is 277 g/mol. The molecule has 3 nitrogen and oxygen atoms in total. The van der Waals surface area contributed by atoms with Crippen molar-refractivity contribution in [2.45, 2.75) is 20.4 Å². The summed E-state index contributed by atoms with van der Waals surface area (Å²) in [5.74, 6) is 0. The van der Waals surface area contributed by atoms with Crippen molar-refractivity contribution in [2.75, 3.05) is 26.2 Å². The van der Waals surface area contributed by atoms with Crippen molar-refractivity contribution in [2.24, 2.45) is 0 Å². The normalized spacial score (nSPS) is 15.9. The standard InChI is InChI=1S/C12H19N3.2ClH/c1-10-3-4-12(11(2)14-10)9-15-7-5-13-6-8-15;;/h3-4,13H,5-9H2,1-2H3;2*1H. The zero-order valence-corrected chi connectivity index (χ0v) is 12.0. The number of nitrogens with one attached hydrogen (secondary N) is 1. The lowest BCUT2D eigenvalue weighted by molar-refractivity contribution is 0.232. The number of halogens is 2. The first kappa shape index (κ1) is 16.6. The quantitative estimate of drug-likeness (QED) is 0.896. The average molecular weight is 278 g/mol. The highest BCUT2D eigenvalue weighted by atomic mass is 35.5. The number of rotatable bonds is 2. The molecule has 98 valence electrons. The van der Waals surface area contributed by atoms with E-state index < -0.39 is 0 Å². The molecule has 1 aliphatic heterocycles. The Bertz CT molecular complexity index is 339. The minimum atomic E-state index is 0. The summed E-state index contributed by atoms with van der Waals surface area (Å²) >= 11 is 0. The van der Waals surface area contributed by atoms with Crippen LogP contribution >= 0.6 is 24.8 Å². The van der Waals surface area contributed by atoms with Crippen molar-refractivity contribution in [1.29, 1.82) is 0 Å². The van der Waals surface area contributed by atoms with Gasteiger partial charge in [0.25, 0.3) is 0 Å². The SMILES string of the molecule is Cc1ccc(CN2CCNCC2)c(C)n1.Cl.Cl. The van der Waals surface area contributed by atoms with Crippen molar-refractivity contribution >= 4 is 24.8 Å². The first-order valence-electron chi connectivity index (χ1n) is 5.62. The molecule has 1 fully saturated rings. The molecule has 5 heteroatoms. The lowest BCUT2D eigenvalue weighted by atomic mass is 10.1. The van der Waals surface area contributed by atoms with Crippen LogP contribution in [0.1, 0.15) is 17.0 Å². The molecule has 0 atom stereocenters. The zero-order valence-electron chi connectivity index (χ0n) is 10.4. The van der Waals surface area contributed by atoms with Gasteiger partial charge in [-0.05, 0) is 25.5 Å². The van der Waals surface area contributed by atoms with Crippen LogP contribution in [0.15, 0.2) is 12.1 Å². The van der Waals surface area contributed by atoms with Gasteiger partial charge in [-0.3, -0.25) is 9.88 Å². The number of hydrogen-bond donors (Lipinski definition) is 1. The molecule has 0 spiro atoms. The van der Waals surface area contributed by atoms with Gasteiger partial charge in [0.2, 0.25) is 0 Å². The second-order valence-electron chi connectivity index (χ2n) is 4.22. The van der Waals surface area contributed by atoms with Gasteiger partial charge in [-0.25, -0.2) is 0 Å². The maximum Gasteiger partial charge on any atom is 0.0420 e. The fourth-order valence-electron chi connectivity index (χ4n) is 1.99. The molecular weight excluding hydrogens is 257 g/mol. The lowest BCUT2D eigenvalue weighted by Gasteiger charge is -2.27. The molecule has 0 amide bonds. The Morgan fingerprint density at radius 1 is 1.18 bits per heavy atom. The molecule has 0 saturated carbocycles. The highest BCUT2D eigenvalue weighted by Gasteiger charge is 2.11. The van der Waals surface area contributed by atoms with E-state index in [4.69, 9.17) is 0 Å². The van der Waals surface area contributed by atoms with Crippen molar-refractivity contribution in [3.05, 3.63) is 29.1 Å². The summed E-state index contributed by atoms with van der Waals surface area (Å²) in [6.07, 6.45) is 0. The predicted octanol–water partition coefficient (Wildman–Crippen LogP) is 1.95. The van der Waals surface area contributed by atoms with Crippen molar-refractivity contribution in [3.63, 3.8) is 0 Å². The first-order chi connectivity index (χ1) is 7.25. The predicted molar refractivity (Wildman–Crippen MR) is 76.4 cm³/mol. The Labute approximate surface area is 116 Å². The lowest BCUT2D eigenvalue weighted by Crippen LogP contribution is -2.43. The summed E-state index contributed by atoms with van der Waals surface area (Å²) in [6, 6.07) is 4.31. The summed E-state index contributed by atoms with van der Waals surface area (Å²) in [6.45, 7) is 9.70. The van der Waals surface area contributed by atoms with Gasteiger partial charge in [-0.15, -0.1) is 24.8 Å². The van der Waals surface area contributed by atoms with Gasteiger partial charge in [0.1, 0.15) is 0 Å². The van der Waals surface area contributed by atoms with E-state index in [0.717, 1.165) is 38.4 Å². The fourth-order valence-corrected chi connectivity index (χ4v) is 1.99. The third kappa shape index (κ3) is 4.80. The van der Waals surface area contributed by atoms with Crippen LogP contribution < -0.4 is 5.32 Å². The molecule has 1 aliphatic rings. The van der Waals surface area contributed by atoms with Gasteiger partial charge < -0.3 is 5.32 Å². The molecule has 0 aliphatic carbocycles. The van der Waals surface area contributed by atoms with Crippen molar-refractivity contribution in [1.82, 2.24) is 15.2 Å². The third-order valence-electron chi connectivity index (χ3n) is 2.94. The summed E-state index contributed by atoms with van der Waals surface area (Å²) in [4.78, 5) is 6.98. The van der Waals surface area contributed by atoms with Crippen LogP contribution in [-0.2, 0) is 6.54 Å². The zero-order chi connectivity index (χ0) is 10.7. The van der Waals surface area contributed by atoms with E-state index in [2.05, 4.69) is 34.3 Å². The smallest absolute Gasteiger partial charge is 0.0420 e. The van der Waals surface area contributed by atoms with E-state index in [9.17, 15) is 0 Å². The molecule has 1 aromatic rings. The first-order valence-corrected chi connectivity index (χ1v) is 5.62. The largest absolute Gasteiger partial charge is 0.314 e. The molecule has 1 N–H and O–H groups in total. The van der Waals surface area contributed by atoms with Crippen LogP contribution in [0.4, 0.5) is 0 Å². The Morgan fingerprint density at radius 2 is 1.82 bits per heavy atom. The van der Waals surface area contributed by atoms with Crippen LogP contribution in [0.5, 0.6) is 0 Å². The van der Waals surface area contributed by atoms with E-state index in [0.29, 0.717) is 0 Å². The molecule has 0 bridgehead atoms. The van der Waals surface area contributed by atoms with Gasteiger partial charge >= 0.3 is 0 Å². The fraction of sp³-hybridized carbons (Fsp3) is 0.583. The van der Waals surface area contributed by atoms with Gasteiger partial charge in [0.15, 0.2) is 0 Å². The molecule has 17 heavy (non-hydrogen) atoms. The van der Waals surface area contributed by atoms with Crippen LogP contribution in [-0.4, -0.2) is 36.1 Å². The second kappa shape index (κ2) is 7.88. The molecular formula is C12H21Cl2N3. The van der Waals surface area contributed by atoms with E-state index in [1.54, 1.807) is 0 Å². The summed E-state index contributed by atoms with van der Waals surface area (Å²) in [7, 11) is 0. The Hall–Kier alpha value is -0.350. The number of hydrogen-bond acceptors (Lipinski definition) is 3. The maximum absolute atomic E-state index is 4.50. The Kier molecular flexibility index (Phi) is 7.71. The van der Waals surface area contributed by atoms with E-state index in [-0.39, 0.29) is 24.8 Å². The number of aryl methyl sites for hydroxylation is 2. The minimum absolute atomic E-state index is 0. The molecule has 1 aromatic heterocycles. The molecule has 2 heterocycles. The van der Waals surface area contributed by atoms with Gasteiger partial charge in [0, 0.05) is 44.1 Å². The number of aromatic nitrogens is 1. The Morgan fingerprint density at radius 3 is 2.41 bits per heavy atom. The topological polar surface area (TPSA) is 28.2 Å². The van der Waals surface area contributed by atoms with Gasteiger partial charge in [0.05, 0.1) is 0 Å². The van der Waals surface area contributed by atoms with Crippen LogP contribution in [0.2, 0.25) is 0 Å². The van der Waals surface area contributed by atoms with Crippen molar-refractivity contribution < 1.29 is 0 Å². The van der Waals surface area contributed by atoms with E-state index in [1.807, 2.05) is 6.92 Å². The molecule has 2 rings (SSSR count). The molecule has 0 radical (unpaired) electrons. The van der Waals surface area contributed by atoms with Gasteiger partial charge in [-0.1, -0.05) is 6.07 Å². The summed E-state index contributed by atoms with van der Waals surface area (Å²) in [5.41, 5.74) is 3.65. The van der Waals surface area contributed by atoms with Crippen LogP contribution in [0.3, 0.4) is 0 Å². The summed E-state index contributed by atoms with van der Waals surface area (Å²) in [5, 5.41) is 3.37. The van der Waals surface area contributed by atoms with Crippen molar-refractivity contribution in [3.8, 4) is 0 Å². The molecule has 1 saturated heterocycles. The number of nitrogens with zero attached hydrogens (tertiary/aromatic N) is 2. The average Bonchev–Trinajstić information content (AvgIpc) is 2.24. The summed E-state index contributed by atoms with van der Waals surface area (Å²) < 4.78 is 0. The van der Waals surface area contributed by atoms with E-state index >= 15 is 0 Å². The third-order valence-corrected chi connectivity index (χ3v) is 2.94. The highest BCUT2D eigenvalue weighted by Crippen LogP contribution is 2.10. The molecule has 0 aromatic carbocycles.